The van der Waals surface area contributed by atoms with Crippen LogP contribution in [-0.4, -0.2) is 36.1 Å². The number of nitrogens with zero attached hydrogens (tertiary/aromatic N) is 2. The Kier molecular flexibility index (Phi) is 5.94. The largest absolute Gasteiger partial charge is 0.352 e. The summed E-state index contributed by atoms with van der Waals surface area (Å²) in [7, 11) is -3.74. The van der Waals surface area contributed by atoms with Crippen LogP contribution >= 0.6 is 0 Å². The molecular formula is C18H19N5O3S. The molecule has 3 rings (SSSR count). The molecule has 9 heteroatoms. The van der Waals surface area contributed by atoms with Gasteiger partial charge in [0.2, 0.25) is 10.0 Å². The van der Waals surface area contributed by atoms with Gasteiger partial charge in [-0.05, 0) is 36.4 Å². The zero-order valence-corrected chi connectivity index (χ0v) is 15.2. The number of rotatable bonds is 8. The summed E-state index contributed by atoms with van der Waals surface area (Å²) in [4.78, 5) is 16.5. The number of carbonyl (C=O) groups excluding carboxylic acids is 1. The van der Waals surface area contributed by atoms with E-state index in [1.54, 1.807) is 30.6 Å². The summed E-state index contributed by atoms with van der Waals surface area (Å²) < 4.78 is 27.3. The van der Waals surface area contributed by atoms with E-state index in [1.807, 2.05) is 18.2 Å². The average molecular weight is 385 g/mol. The molecule has 0 atom stereocenters. The van der Waals surface area contributed by atoms with Crippen LogP contribution in [0.15, 0.2) is 65.8 Å². The maximum Gasteiger partial charge on any atom is 0.251 e. The van der Waals surface area contributed by atoms with Crippen molar-refractivity contribution < 1.29 is 13.2 Å². The Balaban J connectivity index is 1.61. The molecule has 0 fully saturated rings. The number of aromatic nitrogens is 3. The first-order chi connectivity index (χ1) is 13.0. The monoisotopic (exact) mass is 385 g/mol. The van der Waals surface area contributed by atoms with Crippen LogP contribution in [0, 0.1) is 0 Å². The van der Waals surface area contributed by atoms with E-state index in [9.17, 15) is 13.2 Å². The van der Waals surface area contributed by atoms with E-state index in [1.165, 1.54) is 12.1 Å². The number of amides is 1. The van der Waals surface area contributed by atoms with Gasteiger partial charge >= 0.3 is 0 Å². The molecule has 0 unspecified atom stereocenters. The van der Waals surface area contributed by atoms with E-state index in [-0.39, 0.29) is 22.9 Å². The third kappa shape index (κ3) is 5.22. The molecule has 0 aliphatic carbocycles. The number of hydrogen-bond acceptors (Lipinski definition) is 5. The predicted molar refractivity (Wildman–Crippen MR) is 99.3 cm³/mol. The van der Waals surface area contributed by atoms with Crippen molar-refractivity contribution >= 4 is 15.9 Å². The number of aromatic amines is 1. The van der Waals surface area contributed by atoms with Gasteiger partial charge in [0, 0.05) is 36.6 Å². The van der Waals surface area contributed by atoms with Crippen molar-refractivity contribution in [3.63, 3.8) is 0 Å². The van der Waals surface area contributed by atoms with E-state index in [0.717, 1.165) is 5.69 Å². The Bertz CT molecular complexity index is 989. The summed E-state index contributed by atoms with van der Waals surface area (Å²) >= 11 is 0. The molecule has 1 aromatic carbocycles. The molecule has 0 bridgehead atoms. The van der Waals surface area contributed by atoms with Gasteiger partial charge in [0.05, 0.1) is 17.1 Å². The van der Waals surface area contributed by atoms with Crippen molar-refractivity contribution in [2.45, 2.75) is 17.9 Å². The Hall–Kier alpha value is -3.04. The van der Waals surface area contributed by atoms with E-state index >= 15 is 0 Å². The van der Waals surface area contributed by atoms with Gasteiger partial charge in [-0.1, -0.05) is 12.1 Å². The van der Waals surface area contributed by atoms with Crippen LogP contribution in [0.4, 0.5) is 0 Å². The lowest BCUT2D eigenvalue weighted by Gasteiger charge is -2.08. The van der Waals surface area contributed by atoms with E-state index in [2.05, 4.69) is 25.2 Å². The molecule has 0 radical (unpaired) electrons. The van der Waals surface area contributed by atoms with Crippen molar-refractivity contribution in [3.05, 3.63) is 77.9 Å². The summed E-state index contributed by atoms with van der Waals surface area (Å²) in [5.74, 6) is -0.337. The van der Waals surface area contributed by atoms with E-state index in [4.69, 9.17) is 0 Å². The smallest absolute Gasteiger partial charge is 0.251 e. The lowest BCUT2D eigenvalue weighted by atomic mass is 10.2. The number of H-pyrrole nitrogens is 1. The second-order valence-electron chi connectivity index (χ2n) is 5.76. The Morgan fingerprint density at radius 1 is 1.07 bits per heavy atom. The molecule has 1 amide bonds. The van der Waals surface area contributed by atoms with E-state index < -0.39 is 10.0 Å². The first-order valence-electron chi connectivity index (χ1n) is 8.31. The maximum absolute atomic E-state index is 12.4. The Morgan fingerprint density at radius 3 is 2.70 bits per heavy atom. The highest BCUT2D eigenvalue weighted by Gasteiger charge is 2.16. The predicted octanol–water partition coefficient (Wildman–Crippen LogP) is 1.26. The highest BCUT2D eigenvalue weighted by molar-refractivity contribution is 7.89. The van der Waals surface area contributed by atoms with Crippen molar-refractivity contribution in [2.24, 2.45) is 0 Å². The van der Waals surface area contributed by atoms with E-state index in [0.29, 0.717) is 18.7 Å². The van der Waals surface area contributed by atoms with Gasteiger partial charge in [0.15, 0.2) is 0 Å². The highest BCUT2D eigenvalue weighted by Crippen LogP contribution is 2.12. The molecule has 0 saturated carbocycles. The fraction of sp³-hybridized carbons (Fsp3) is 0.167. The SMILES string of the molecule is O=C(NCCc1ccccn1)c1cccc(S(=O)(=O)NCc2ccn[nH]2)c1. The van der Waals surface area contributed by atoms with Crippen LogP contribution in [0.2, 0.25) is 0 Å². The summed E-state index contributed by atoms with van der Waals surface area (Å²) in [5, 5.41) is 9.22. The average Bonchev–Trinajstić information content (AvgIpc) is 3.21. The summed E-state index contributed by atoms with van der Waals surface area (Å²) in [6.45, 7) is 0.494. The third-order valence-corrected chi connectivity index (χ3v) is 5.21. The lowest BCUT2D eigenvalue weighted by Crippen LogP contribution is -2.27. The normalized spacial score (nSPS) is 11.3. The molecule has 8 nitrogen and oxygen atoms in total. The quantitative estimate of drug-likeness (QED) is 0.540. The number of carbonyl (C=O) groups is 1. The van der Waals surface area contributed by atoms with Crippen LogP contribution in [0.1, 0.15) is 21.7 Å². The first-order valence-corrected chi connectivity index (χ1v) is 9.79. The van der Waals surface area contributed by atoms with Gasteiger partial charge in [-0.15, -0.1) is 0 Å². The topological polar surface area (TPSA) is 117 Å². The summed E-state index contributed by atoms with van der Waals surface area (Å²) in [5.41, 5.74) is 1.79. The number of sulfonamides is 1. The lowest BCUT2D eigenvalue weighted by molar-refractivity contribution is 0.0954. The molecule has 140 valence electrons. The molecule has 2 heterocycles. The fourth-order valence-corrected chi connectivity index (χ4v) is 3.45. The second kappa shape index (κ2) is 8.56. The zero-order valence-electron chi connectivity index (χ0n) is 14.4. The second-order valence-corrected chi connectivity index (χ2v) is 7.53. The van der Waals surface area contributed by atoms with Gasteiger partial charge in [-0.2, -0.15) is 5.10 Å². The number of hydrogen-bond donors (Lipinski definition) is 3. The molecule has 2 aromatic heterocycles. The molecule has 3 N–H and O–H groups in total. The van der Waals surface area contributed by atoms with Crippen molar-refractivity contribution in [1.82, 2.24) is 25.2 Å². The first kappa shape index (κ1) is 18.7. The minimum Gasteiger partial charge on any atom is -0.352 e. The van der Waals surface area contributed by atoms with Crippen LogP contribution in [0.25, 0.3) is 0 Å². The van der Waals surface area contributed by atoms with Gasteiger partial charge in [0.25, 0.3) is 5.91 Å². The molecule has 0 spiro atoms. The number of nitrogens with one attached hydrogen (secondary N) is 3. The highest BCUT2D eigenvalue weighted by atomic mass is 32.2. The molecule has 0 saturated heterocycles. The summed E-state index contributed by atoms with van der Waals surface area (Å²) in [6.07, 6.45) is 3.83. The molecular weight excluding hydrogens is 366 g/mol. The number of pyridine rings is 1. The van der Waals surface area contributed by atoms with Crippen molar-refractivity contribution in [3.8, 4) is 0 Å². The molecule has 3 aromatic rings. The third-order valence-electron chi connectivity index (χ3n) is 3.81. The van der Waals surface area contributed by atoms with Crippen LogP contribution < -0.4 is 10.0 Å². The maximum atomic E-state index is 12.4. The Labute approximate surface area is 157 Å². The van der Waals surface area contributed by atoms with Gasteiger partial charge in [0.1, 0.15) is 0 Å². The molecule has 0 aliphatic rings. The van der Waals surface area contributed by atoms with Crippen LogP contribution in [0.3, 0.4) is 0 Å². The molecule has 0 aliphatic heterocycles. The van der Waals surface area contributed by atoms with Gasteiger partial charge in [-0.3, -0.25) is 14.9 Å². The van der Waals surface area contributed by atoms with Crippen molar-refractivity contribution in [2.75, 3.05) is 6.54 Å². The van der Waals surface area contributed by atoms with Crippen LogP contribution in [-0.2, 0) is 23.0 Å². The molecule has 27 heavy (non-hydrogen) atoms. The minimum absolute atomic E-state index is 0.0272. The van der Waals surface area contributed by atoms with Crippen LogP contribution in [0.5, 0.6) is 0 Å². The standard InChI is InChI=1S/C18H19N5O3S/c24-18(20-10-7-15-5-1-2-9-19-15)14-4-3-6-17(12-14)27(25,26)22-13-16-8-11-21-23-16/h1-6,8-9,11-12,22H,7,10,13H2,(H,20,24)(H,21,23). The summed E-state index contributed by atoms with van der Waals surface area (Å²) in [6, 6.07) is 13.2. The van der Waals surface area contributed by atoms with Gasteiger partial charge in [-0.25, -0.2) is 13.1 Å². The van der Waals surface area contributed by atoms with Crippen molar-refractivity contribution in [1.29, 1.82) is 0 Å². The fourth-order valence-electron chi connectivity index (χ4n) is 2.40. The number of benzene rings is 1. The minimum atomic E-state index is -3.74. The Morgan fingerprint density at radius 2 is 1.96 bits per heavy atom. The zero-order chi connectivity index (χ0) is 19.1. The van der Waals surface area contributed by atoms with Gasteiger partial charge < -0.3 is 5.32 Å².